The molecule has 0 fully saturated rings. The number of hydrogen-bond acceptors (Lipinski definition) is 5. The zero-order chi connectivity index (χ0) is 19.7. The molecule has 5 nitrogen and oxygen atoms in total. The van der Waals surface area contributed by atoms with Crippen LogP contribution in [0, 0.1) is 0 Å². The van der Waals surface area contributed by atoms with Crippen molar-refractivity contribution in [2.45, 2.75) is 25.2 Å². The van der Waals surface area contributed by atoms with E-state index in [2.05, 4.69) is 0 Å². The monoisotopic (exact) mass is 389 g/mol. The second-order valence-corrected chi connectivity index (χ2v) is 8.99. The van der Waals surface area contributed by atoms with Gasteiger partial charge in [-0.05, 0) is 37.2 Å². The molecule has 2 aromatic rings. The van der Waals surface area contributed by atoms with Gasteiger partial charge in [0.2, 0.25) is 0 Å². The van der Waals surface area contributed by atoms with Crippen molar-refractivity contribution < 1.29 is 17.9 Å². The topological polar surface area (TPSA) is 63.7 Å². The van der Waals surface area contributed by atoms with Crippen molar-refractivity contribution in [2.24, 2.45) is 0 Å². The highest BCUT2D eigenvalue weighted by atomic mass is 32.2. The molecule has 6 heteroatoms. The minimum atomic E-state index is -3.19. The molecular formula is C21H27NO4S. The number of carbonyl (C=O) groups excluding carboxylic acids is 1. The van der Waals surface area contributed by atoms with Crippen LogP contribution in [0.25, 0.3) is 0 Å². The summed E-state index contributed by atoms with van der Waals surface area (Å²) in [4.78, 5) is 13.9. The molecule has 0 amide bonds. The zero-order valence-electron chi connectivity index (χ0n) is 15.9. The Morgan fingerprint density at radius 2 is 1.59 bits per heavy atom. The molecule has 0 heterocycles. The molecular weight excluding hydrogens is 362 g/mol. The van der Waals surface area contributed by atoms with E-state index in [1.807, 2.05) is 73.6 Å². The maximum atomic E-state index is 12.3. The number of ether oxygens (including phenoxy) is 1. The van der Waals surface area contributed by atoms with E-state index in [1.165, 1.54) is 0 Å². The SMILES string of the molecule is CN(C)CCS(=O)(=O)Cc1ccccc1CCC(=O)OCc1ccccc1. The molecule has 2 rings (SSSR count). The molecule has 0 bridgehead atoms. The largest absolute Gasteiger partial charge is 0.461 e. The summed E-state index contributed by atoms with van der Waals surface area (Å²) in [5.41, 5.74) is 2.58. The Morgan fingerprint density at radius 3 is 2.26 bits per heavy atom. The lowest BCUT2D eigenvalue weighted by Crippen LogP contribution is -2.23. The molecule has 0 aliphatic rings. The lowest BCUT2D eigenvalue weighted by atomic mass is 10.0. The summed E-state index contributed by atoms with van der Waals surface area (Å²) in [6.45, 7) is 0.747. The van der Waals surface area contributed by atoms with Gasteiger partial charge in [0, 0.05) is 13.0 Å². The Kier molecular flexibility index (Phi) is 8.00. The second-order valence-electron chi connectivity index (χ2n) is 6.81. The van der Waals surface area contributed by atoms with Crippen LogP contribution in [-0.4, -0.2) is 45.7 Å². The van der Waals surface area contributed by atoms with Crippen LogP contribution in [0.15, 0.2) is 54.6 Å². The molecule has 146 valence electrons. The highest BCUT2D eigenvalue weighted by molar-refractivity contribution is 7.90. The van der Waals surface area contributed by atoms with Gasteiger partial charge in [-0.2, -0.15) is 0 Å². The molecule has 0 saturated heterocycles. The highest BCUT2D eigenvalue weighted by Crippen LogP contribution is 2.16. The Balaban J connectivity index is 1.90. The van der Waals surface area contributed by atoms with E-state index >= 15 is 0 Å². The molecule has 0 N–H and O–H groups in total. The summed E-state index contributed by atoms with van der Waals surface area (Å²) in [5, 5.41) is 0. The van der Waals surface area contributed by atoms with Gasteiger partial charge < -0.3 is 9.64 Å². The van der Waals surface area contributed by atoms with Crippen LogP contribution in [0.5, 0.6) is 0 Å². The van der Waals surface area contributed by atoms with Gasteiger partial charge in [-0.15, -0.1) is 0 Å². The van der Waals surface area contributed by atoms with Crippen molar-refractivity contribution in [3.63, 3.8) is 0 Å². The molecule has 0 spiro atoms. The van der Waals surface area contributed by atoms with Crippen LogP contribution in [0.1, 0.15) is 23.1 Å². The van der Waals surface area contributed by atoms with Crippen molar-refractivity contribution >= 4 is 15.8 Å². The summed E-state index contributed by atoms with van der Waals surface area (Å²) in [6, 6.07) is 16.9. The van der Waals surface area contributed by atoms with Gasteiger partial charge in [0.25, 0.3) is 0 Å². The molecule has 0 atom stereocenters. The van der Waals surface area contributed by atoms with Crippen molar-refractivity contribution in [1.29, 1.82) is 0 Å². The Hall–Kier alpha value is -2.18. The standard InChI is InChI=1S/C21H27NO4S/c1-22(2)14-15-27(24,25)17-20-11-7-6-10-19(20)12-13-21(23)26-16-18-8-4-3-5-9-18/h3-11H,12-17H2,1-2H3. The number of aryl methyl sites for hydroxylation is 1. The van der Waals surface area contributed by atoms with Crippen LogP contribution in [0.3, 0.4) is 0 Å². The molecule has 0 aliphatic carbocycles. The van der Waals surface area contributed by atoms with Crippen LogP contribution in [0.4, 0.5) is 0 Å². The molecule has 0 radical (unpaired) electrons. The number of sulfone groups is 1. The van der Waals surface area contributed by atoms with Crippen LogP contribution >= 0.6 is 0 Å². The predicted molar refractivity (Wildman–Crippen MR) is 107 cm³/mol. The van der Waals surface area contributed by atoms with Crippen LogP contribution < -0.4 is 0 Å². The fourth-order valence-electron chi connectivity index (χ4n) is 2.62. The van der Waals surface area contributed by atoms with E-state index in [4.69, 9.17) is 4.74 Å². The lowest BCUT2D eigenvalue weighted by molar-refractivity contribution is -0.144. The first-order valence-electron chi connectivity index (χ1n) is 8.97. The van der Waals surface area contributed by atoms with Crippen molar-refractivity contribution in [3.8, 4) is 0 Å². The van der Waals surface area contributed by atoms with E-state index in [9.17, 15) is 13.2 Å². The zero-order valence-corrected chi connectivity index (χ0v) is 16.7. The third kappa shape index (κ3) is 7.93. The highest BCUT2D eigenvalue weighted by Gasteiger charge is 2.15. The molecule has 0 aliphatic heterocycles. The van der Waals surface area contributed by atoms with Gasteiger partial charge in [-0.25, -0.2) is 8.42 Å². The van der Waals surface area contributed by atoms with Gasteiger partial charge in [-0.1, -0.05) is 54.6 Å². The predicted octanol–water partition coefficient (Wildman–Crippen LogP) is 2.84. The van der Waals surface area contributed by atoms with Gasteiger partial charge in [-0.3, -0.25) is 4.79 Å². The minimum Gasteiger partial charge on any atom is -0.461 e. The van der Waals surface area contributed by atoms with Gasteiger partial charge >= 0.3 is 5.97 Å². The third-order valence-corrected chi connectivity index (χ3v) is 5.74. The number of hydrogen-bond donors (Lipinski definition) is 0. The van der Waals surface area contributed by atoms with Gasteiger partial charge in [0.15, 0.2) is 9.84 Å². The summed E-state index contributed by atoms with van der Waals surface area (Å²) in [6.07, 6.45) is 0.689. The van der Waals surface area contributed by atoms with Crippen LogP contribution in [0.2, 0.25) is 0 Å². The fraction of sp³-hybridized carbons (Fsp3) is 0.381. The normalized spacial score (nSPS) is 11.5. The number of carbonyl (C=O) groups is 1. The third-order valence-electron chi connectivity index (χ3n) is 4.18. The van der Waals surface area contributed by atoms with Crippen molar-refractivity contribution in [3.05, 3.63) is 71.3 Å². The number of esters is 1. The summed E-state index contributed by atoms with van der Waals surface area (Å²) in [5.74, 6) is -0.173. The first-order valence-corrected chi connectivity index (χ1v) is 10.8. The smallest absolute Gasteiger partial charge is 0.306 e. The van der Waals surface area contributed by atoms with E-state index in [-0.39, 0.29) is 30.5 Å². The van der Waals surface area contributed by atoms with Gasteiger partial charge in [0.1, 0.15) is 6.61 Å². The first-order chi connectivity index (χ1) is 12.9. The summed E-state index contributed by atoms with van der Waals surface area (Å²) < 4.78 is 30.0. The number of rotatable bonds is 10. The average Bonchev–Trinajstić information content (AvgIpc) is 2.65. The van der Waals surface area contributed by atoms with Gasteiger partial charge in [0.05, 0.1) is 11.5 Å². The quantitative estimate of drug-likeness (QED) is 0.585. The van der Waals surface area contributed by atoms with E-state index in [0.29, 0.717) is 13.0 Å². The second kappa shape index (κ2) is 10.2. The molecule has 27 heavy (non-hydrogen) atoms. The molecule has 0 saturated carbocycles. The molecule has 0 unspecified atom stereocenters. The Morgan fingerprint density at radius 1 is 0.963 bits per heavy atom. The number of benzene rings is 2. The minimum absolute atomic E-state index is 0.00389. The Labute approximate surface area is 161 Å². The Bertz CT molecular complexity index is 832. The molecule has 0 aromatic heterocycles. The fourth-order valence-corrected chi connectivity index (χ4v) is 4.16. The van der Waals surface area contributed by atoms with E-state index in [1.54, 1.807) is 0 Å². The van der Waals surface area contributed by atoms with E-state index in [0.717, 1.165) is 16.7 Å². The van der Waals surface area contributed by atoms with Crippen molar-refractivity contribution in [2.75, 3.05) is 26.4 Å². The average molecular weight is 390 g/mol. The van der Waals surface area contributed by atoms with Crippen molar-refractivity contribution in [1.82, 2.24) is 4.90 Å². The number of nitrogens with zero attached hydrogens (tertiary/aromatic N) is 1. The van der Waals surface area contributed by atoms with Crippen LogP contribution in [-0.2, 0) is 38.1 Å². The summed E-state index contributed by atoms with van der Waals surface area (Å²) in [7, 11) is 0.509. The first kappa shape index (κ1) is 21.1. The molecule has 2 aromatic carbocycles. The lowest BCUT2D eigenvalue weighted by Gasteiger charge is -2.12. The maximum absolute atomic E-state index is 12.3. The maximum Gasteiger partial charge on any atom is 0.306 e. The van der Waals surface area contributed by atoms with E-state index < -0.39 is 9.84 Å². The summed E-state index contributed by atoms with van der Waals surface area (Å²) >= 11 is 0.